The van der Waals surface area contributed by atoms with E-state index in [0.717, 1.165) is 6.08 Å². The summed E-state index contributed by atoms with van der Waals surface area (Å²) in [5.41, 5.74) is 0. The van der Waals surface area contributed by atoms with Gasteiger partial charge in [0.05, 0.1) is 14.2 Å². The van der Waals surface area contributed by atoms with Crippen molar-refractivity contribution in [1.82, 2.24) is 0 Å². The van der Waals surface area contributed by atoms with Gasteiger partial charge in [-0.2, -0.15) is 0 Å². The van der Waals surface area contributed by atoms with E-state index in [1.54, 1.807) is 0 Å². The highest BCUT2D eigenvalue weighted by molar-refractivity contribution is 9.94. The Morgan fingerprint density at radius 2 is 1.43 bits per heavy atom. The van der Waals surface area contributed by atoms with E-state index >= 15 is 0 Å². The molecule has 11 heteroatoms. The molecular formula is C10H15Br4O6P. The Bertz CT molecular complexity index is 349. The zero-order chi connectivity index (χ0) is 17.6. The van der Waals surface area contributed by atoms with Crippen LogP contribution in [0.15, 0.2) is 25.3 Å². The normalized spacial score (nSPS) is 12.1. The van der Waals surface area contributed by atoms with Crippen molar-refractivity contribution in [1.29, 1.82) is 0 Å². The summed E-state index contributed by atoms with van der Waals surface area (Å²) in [6.45, 7) is 6.56. The van der Waals surface area contributed by atoms with Crippen molar-refractivity contribution in [2.24, 2.45) is 0 Å². The minimum Gasteiger partial charge on any atom is -0.468 e. The molecule has 0 aromatic rings. The third kappa shape index (κ3) is 25.8. The molecule has 0 heterocycles. The first-order valence-corrected chi connectivity index (χ1v) is 13.5. The molecule has 0 amide bonds. The van der Waals surface area contributed by atoms with Crippen molar-refractivity contribution in [3.05, 3.63) is 25.3 Å². The quantitative estimate of drug-likeness (QED) is 0.233. The van der Waals surface area contributed by atoms with Crippen LogP contribution < -0.4 is 0 Å². The van der Waals surface area contributed by atoms with Gasteiger partial charge in [0.2, 0.25) is 0 Å². The second kappa shape index (κ2) is 15.4. The molecule has 0 spiro atoms. The topological polar surface area (TPSA) is 89.9 Å². The molecule has 2 atom stereocenters. The zero-order valence-electron chi connectivity index (χ0n) is 11.2. The second-order valence-corrected chi connectivity index (χ2v) is 22.1. The Labute approximate surface area is 156 Å². The van der Waals surface area contributed by atoms with Crippen LogP contribution in [0, 0.1) is 0 Å². The van der Waals surface area contributed by atoms with Crippen LogP contribution in [0.1, 0.15) is 0 Å². The number of carbonyl (C=O) groups excluding carboxylic acids is 2. The molecule has 0 aromatic carbocycles. The molecule has 1 N–H and O–H groups in total. The van der Waals surface area contributed by atoms with E-state index in [4.69, 9.17) is 5.11 Å². The summed E-state index contributed by atoms with van der Waals surface area (Å²) >= 11 is 11.3. The molecule has 0 aliphatic carbocycles. The van der Waals surface area contributed by atoms with E-state index in [9.17, 15) is 14.2 Å². The number of alkyl halides is 1. The van der Waals surface area contributed by atoms with Crippen molar-refractivity contribution < 1.29 is 28.7 Å². The summed E-state index contributed by atoms with van der Waals surface area (Å²) in [5.74, 6) is -1.000. The maximum absolute atomic E-state index is 10.4. The first-order chi connectivity index (χ1) is 9.44. The molecule has 0 radical (unpaired) electrons. The fourth-order valence-electron chi connectivity index (χ4n) is 0.426. The van der Waals surface area contributed by atoms with Crippen LogP contribution in [0.2, 0.25) is 0 Å². The lowest BCUT2D eigenvalue weighted by molar-refractivity contribution is -0.147. The third-order valence-corrected chi connectivity index (χ3v) is 2.05. The smallest absolute Gasteiger partial charge is 0.338 e. The molecule has 0 saturated carbocycles. The van der Waals surface area contributed by atoms with E-state index in [0.29, 0.717) is 0 Å². The zero-order valence-corrected chi connectivity index (χ0v) is 18.4. The SMILES string of the molecule is C=C[C@@H](O)C(=O)OC.C=C[C@H](Br)C(=O)OC.O=P(Br)(Br)Br. The van der Waals surface area contributed by atoms with Gasteiger partial charge in [-0.1, -0.05) is 34.7 Å². The Hall–Kier alpha value is 0.530. The molecular weight excluding hydrogens is 567 g/mol. The average Bonchev–Trinajstić information content (AvgIpc) is 2.42. The highest BCUT2D eigenvalue weighted by Gasteiger charge is 2.08. The molecule has 124 valence electrons. The number of rotatable bonds is 4. The molecule has 0 rings (SSSR count). The molecule has 0 aromatic heterocycles. The minimum atomic E-state index is -2.20. The maximum atomic E-state index is 10.4. The third-order valence-electron chi connectivity index (χ3n) is 1.30. The Kier molecular flexibility index (Phi) is 19.4. The van der Waals surface area contributed by atoms with Crippen LogP contribution >= 0.6 is 65.6 Å². The van der Waals surface area contributed by atoms with Crippen molar-refractivity contribution in [2.75, 3.05) is 14.2 Å². The molecule has 0 fully saturated rings. The van der Waals surface area contributed by atoms with Crippen molar-refractivity contribution >= 4 is 77.6 Å². The molecule has 6 nitrogen and oxygen atoms in total. The summed E-state index contributed by atoms with van der Waals surface area (Å²) in [7, 11) is 2.54. The molecule has 0 unspecified atom stereocenters. The van der Waals surface area contributed by atoms with Crippen LogP contribution in [-0.2, 0) is 23.6 Å². The van der Waals surface area contributed by atoms with Gasteiger partial charge in [-0.15, -0.1) is 6.58 Å². The number of aliphatic hydroxyl groups is 1. The van der Waals surface area contributed by atoms with Gasteiger partial charge in [0.15, 0.2) is 6.10 Å². The van der Waals surface area contributed by atoms with Gasteiger partial charge in [0.1, 0.15) is 4.83 Å². The number of ether oxygens (including phenoxy) is 2. The van der Waals surface area contributed by atoms with E-state index in [1.807, 2.05) is 0 Å². The summed E-state index contributed by atoms with van der Waals surface area (Å²) in [4.78, 5) is 20.2. The number of esters is 2. The molecule has 0 saturated heterocycles. The molecule has 0 aliphatic heterocycles. The molecule has 21 heavy (non-hydrogen) atoms. The van der Waals surface area contributed by atoms with E-state index in [2.05, 4.69) is 85.0 Å². The van der Waals surface area contributed by atoms with Crippen LogP contribution in [0.4, 0.5) is 0 Å². The Morgan fingerprint density at radius 3 is 1.52 bits per heavy atom. The fraction of sp³-hybridized carbons (Fsp3) is 0.400. The van der Waals surface area contributed by atoms with E-state index < -0.39 is 15.3 Å². The van der Waals surface area contributed by atoms with E-state index in [1.165, 1.54) is 20.3 Å². The predicted octanol–water partition coefficient (Wildman–Crippen LogP) is 4.09. The Morgan fingerprint density at radius 1 is 1.10 bits per heavy atom. The number of hydrogen-bond donors (Lipinski definition) is 1. The number of hydrogen-bond acceptors (Lipinski definition) is 6. The predicted molar refractivity (Wildman–Crippen MR) is 97.5 cm³/mol. The van der Waals surface area contributed by atoms with Crippen LogP contribution in [0.3, 0.4) is 0 Å². The summed E-state index contributed by atoms with van der Waals surface area (Å²) in [6.07, 6.45) is 1.39. The van der Waals surface area contributed by atoms with Gasteiger partial charge < -0.3 is 14.6 Å². The standard InChI is InChI=1S/C5H7BrO2.C5H8O3.Br3OP/c2*1-3-4(6)5(7)8-2;1-5(2,3)4/h3-4H,1H2,2H3;3-4,6H,1H2,2H3;/t2*4-;/m01./s1. The lowest BCUT2D eigenvalue weighted by Gasteiger charge is -1.98. The number of halogens is 4. The summed E-state index contributed by atoms with van der Waals surface area (Å²) in [5, 5.41) is 8.53. The first kappa shape index (κ1) is 26.4. The second-order valence-electron chi connectivity index (χ2n) is 2.76. The van der Waals surface area contributed by atoms with Crippen LogP contribution in [0.5, 0.6) is 0 Å². The molecule has 0 bridgehead atoms. The lowest BCUT2D eigenvalue weighted by Crippen LogP contribution is -2.18. The van der Waals surface area contributed by atoms with Gasteiger partial charge in [0, 0.05) is 46.5 Å². The first-order valence-electron chi connectivity index (χ1n) is 4.86. The summed E-state index contributed by atoms with van der Waals surface area (Å²) < 4.78 is 16.3. The van der Waals surface area contributed by atoms with Crippen LogP contribution in [0.25, 0.3) is 0 Å². The summed E-state index contributed by atoms with van der Waals surface area (Å²) in [6, 6.07) is 0. The van der Waals surface area contributed by atoms with E-state index in [-0.39, 0.29) is 10.8 Å². The number of carbonyl (C=O) groups is 2. The monoisotopic (exact) mass is 578 g/mol. The van der Waals surface area contributed by atoms with Gasteiger partial charge in [-0.25, -0.2) is 4.79 Å². The fourth-order valence-corrected chi connectivity index (χ4v) is 0.613. The number of methoxy groups -OCH3 is 2. The van der Waals surface area contributed by atoms with Crippen molar-refractivity contribution in [3.8, 4) is 0 Å². The van der Waals surface area contributed by atoms with Crippen LogP contribution in [-0.4, -0.2) is 42.2 Å². The van der Waals surface area contributed by atoms with Gasteiger partial charge in [0.25, 0.3) is 3.25 Å². The highest BCUT2D eigenvalue weighted by atomic mass is 80.0. The highest BCUT2D eigenvalue weighted by Crippen LogP contribution is 2.68. The maximum Gasteiger partial charge on any atom is 0.338 e. The van der Waals surface area contributed by atoms with Gasteiger partial charge in [-0.05, 0) is 0 Å². The molecule has 0 aliphatic rings. The minimum absolute atomic E-state index is 0.319. The number of aliphatic hydroxyl groups excluding tert-OH is 1. The van der Waals surface area contributed by atoms with Gasteiger partial charge >= 0.3 is 11.9 Å². The van der Waals surface area contributed by atoms with Crippen molar-refractivity contribution in [3.63, 3.8) is 0 Å². The van der Waals surface area contributed by atoms with Gasteiger partial charge in [-0.3, -0.25) is 9.36 Å². The largest absolute Gasteiger partial charge is 0.468 e. The average molecular weight is 582 g/mol. The lowest BCUT2D eigenvalue weighted by atomic mass is 10.4. The Balaban J connectivity index is -0.000000239. The van der Waals surface area contributed by atoms with Crippen molar-refractivity contribution in [2.45, 2.75) is 10.9 Å².